The van der Waals surface area contributed by atoms with Crippen LogP contribution in [0.2, 0.25) is 0 Å². The zero-order valence-electron chi connectivity index (χ0n) is 38.0. The SMILES string of the molecule is CCCCCCCCCCCCCCCCCCCCCCN(CCCCCCCCCCCCCCCCCCCCCC)CCCCCC(=O)[O-].[Li+]. The van der Waals surface area contributed by atoms with E-state index in [1.54, 1.807) is 0 Å². The molecule has 0 aromatic heterocycles. The van der Waals surface area contributed by atoms with Gasteiger partial charge in [-0.05, 0) is 51.7 Å². The van der Waals surface area contributed by atoms with Gasteiger partial charge in [0.2, 0.25) is 0 Å². The Kier molecular flexibility index (Phi) is 53.1. The second-order valence-electron chi connectivity index (χ2n) is 17.5. The number of unbranched alkanes of at least 4 members (excludes halogenated alkanes) is 40. The predicted molar refractivity (Wildman–Crippen MR) is 236 cm³/mol. The molecular weight excluding hydrogens is 653 g/mol. The minimum atomic E-state index is -0.893. The molecule has 0 aliphatic heterocycles. The molecule has 318 valence electrons. The number of carbonyl (C=O) groups excluding carboxylic acids is 1. The minimum Gasteiger partial charge on any atom is -0.550 e. The maximum Gasteiger partial charge on any atom is 1.00 e. The van der Waals surface area contributed by atoms with Gasteiger partial charge in [-0.2, -0.15) is 0 Å². The summed E-state index contributed by atoms with van der Waals surface area (Å²) in [6, 6.07) is 0. The summed E-state index contributed by atoms with van der Waals surface area (Å²) in [6.07, 6.45) is 60.6. The first-order valence-corrected chi connectivity index (χ1v) is 25.1. The summed E-state index contributed by atoms with van der Waals surface area (Å²) < 4.78 is 0. The van der Waals surface area contributed by atoms with E-state index in [0.29, 0.717) is 0 Å². The molecule has 0 rings (SSSR count). The number of carboxylic acid groups (broad SMARTS) is 1. The molecule has 0 bridgehead atoms. The quantitative estimate of drug-likeness (QED) is 0.0459. The summed E-state index contributed by atoms with van der Waals surface area (Å²) in [5.41, 5.74) is 0. The molecule has 0 atom stereocenters. The van der Waals surface area contributed by atoms with E-state index < -0.39 is 5.97 Å². The molecule has 0 aliphatic rings. The molecule has 0 amide bonds. The molecule has 0 spiro atoms. The van der Waals surface area contributed by atoms with Gasteiger partial charge >= 0.3 is 18.9 Å². The number of carboxylic acids is 1. The first kappa shape index (κ1) is 56.1. The summed E-state index contributed by atoms with van der Waals surface area (Å²) in [5, 5.41) is 10.8. The van der Waals surface area contributed by atoms with E-state index in [0.717, 1.165) is 25.8 Å². The molecule has 0 aliphatic carbocycles. The predicted octanol–water partition coefficient (Wildman–Crippen LogP) is 13.2. The average molecular weight is 754 g/mol. The van der Waals surface area contributed by atoms with Gasteiger partial charge in [0.15, 0.2) is 0 Å². The van der Waals surface area contributed by atoms with Crippen molar-refractivity contribution < 1.29 is 28.8 Å². The Balaban J connectivity index is 0. The van der Waals surface area contributed by atoms with Crippen LogP contribution in [0.25, 0.3) is 0 Å². The maximum atomic E-state index is 10.8. The number of aliphatic carboxylic acids is 1. The minimum absolute atomic E-state index is 0. The van der Waals surface area contributed by atoms with Gasteiger partial charge in [-0.25, -0.2) is 0 Å². The van der Waals surface area contributed by atoms with Crippen molar-refractivity contribution in [3.8, 4) is 0 Å². The second kappa shape index (κ2) is 51.0. The molecule has 0 N–H and O–H groups in total. The fourth-order valence-electron chi connectivity index (χ4n) is 8.30. The number of carbonyl (C=O) groups is 1. The van der Waals surface area contributed by atoms with E-state index >= 15 is 0 Å². The Morgan fingerprint density at radius 2 is 0.463 bits per heavy atom. The zero-order chi connectivity index (χ0) is 38.4. The van der Waals surface area contributed by atoms with Gasteiger partial charge in [-0.3, -0.25) is 0 Å². The van der Waals surface area contributed by atoms with Crippen LogP contribution in [0.1, 0.15) is 296 Å². The second-order valence-corrected chi connectivity index (χ2v) is 17.5. The summed E-state index contributed by atoms with van der Waals surface area (Å²) in [4.78, 5) is 13.5. The normalized spacial score (nSPS) is 11.5. The van der Waals surface area contributed by atoms with Crippen LogP contribution in [-0.4, -0.2) is 30.5 Å². The van der Waals surface area contributed by atoms with E-state index in [2.05, 4.69) is 18.7 Å². The van der Waals surface area contributed by atoms with Crippen LogP contribution in [0.4, 0.5) is 0 Å². The van der Waals surface area contributed by atoms with Crippen LogP contribution in [0.3, 0.4) is 0 Å². The van der Waals surface area contributed by atoms with Crippen LogP contribution < -0.4 is 24.0 Å². The van der Waals surface area contributed by atoms with E-state index in [4.69, 9.17) is 0 Å². The Labute approximate surface area is 354 Å². The molecule has 0 saturated carbocycles. The molecular formula is C50H100LiNO2. The number of rotatable bonds is 48. The summed E-state index contributed by atoms with van der Waals surface area (Å²) >= 11 is 0. The van der Waals surface area contributed by atoms with E-state index in [1.165, 1.54) is 270 Å². The molecule has 0 unspecified atom stereocenters. The zero-order valence-corrected chi connectivity index (χ0v) is 38.0. The van der Waals surface area contributed by atoms with Crippen LogP contribution in [0.5, 0.6) is 0 Å². The number of nitrogens with zero attached hydrogens (tertiary/aromatic N) is 1. The van der Waals surface area contributed by atoms with Gasteiger partial charge in [0.25, 0.3) is 0 Å². The third-order valence-electron chi connectivity index (χ3n) is 12.0. The topological polar surface area (TPSA) is 43.4 Å². The molecule has 4 heteroatoms. The Hall–Kier alpha value is 0.0274. The van der Waals surface area contributed by atoms with Crippen LogP contribution in [-0.2, 0) is 4.79 Å². The summed E-state index contributed by atoms with van der Waals surface area (Å²) in [5.74, 6) is -0.893. The van der Waals surface area contributed by atoms with Crippen LogP contribution >= 0.6 is 0 Å². The molecule has 0 aromatic carbocycles. The molecule has 0 radical (unpaired) electrons. The maximum absolute atomic E-state index is 10.8. The van der Waals surface area contributed by atoms with E-state index in [-0.39, 0.29) is 25.3 Å². The van der Waals surface area contributed by atoms with E-state index in [1.807, 2.05) is 0 Å². The third kappa shape index (κ3) is 50.0. The largest absolute Gasteiger partial charge is 1.00 e. The molecule has 0 heterocycles. The molecule has 0 saturated heterocycles. The first-order valence-electron chi connectivity index (χ1n) is 25.1. The Morgan fingerprint density at radius 3 is 0.648 bits per heavy atom. The van der Waals surface area contributed by atoms with Crippen molar-refractivity contribution in [1.29, 1.82) is 0 Å². The molecule has 3 nitrogen and oxygen atoms in total. The standard InChI is InChI=1S/C50H101NO2.Li/c1-3-5-7-9-11-13-15-17-19-21-23-25-27-29-31-33-35-37-39-43-47-51(49-45-41-42-46-50(52)53)48-44-40-38-36-34-32-30-28-26-24-22-20-18-16-14-12-10-8-6-4-2;/h3-49H2,1-2H3,(H,52,53);/q;+1/p-1. The number of hydrogen-bond acceptors (Lipinski definition) is 3. The van der Waals surface area contributed by atoms with Crippen molar-refractivity contribution in [2.75, 3.05) is 19.6 Å². The average Bonchev–Trinajstić information content (AvgIpc) is 3.15. The van der Waals surface area contributed by atoms with Crippen LogP contribution in [0, 0.1) is 0 Å². The Morgan fingerprint density at radius 1 is 0.296 bits per heavy atom. The van der Waals surface area contributed by atoms with E-state index in [9.17, 15) is 9.90 Å². The van der Waals surface area contributed by atoms with Gasteiger partial charge in [0.05, 0.1) is 0 Å². The van der Waals surface area contributed by atoms with Gasteiger partial charge in [0, 0.05) is 5.97 Å². The fraction of sp³-hybridized carbons (Fsp3) is 0.980. The first-order chi connectivity index (χ1) is 26.2. The van der Waals surface area contributed by atoms with Crippen molar-refractivity contribution in [1.82, 2.24) is 4.90 Å². The van der Waals surface area contributed by atoms with Crippen LogP contribution in [0.15, 0.2) is 0 Å². The van der Waals surface area contributed by atoms with Crippen molar-refractivity contribution in [3.05, 3.63) is 0 Å². The monoisotopic (exact) mass is 754 g/mol. The van der Waals surface area contributed by atoms with Crippen molar-refractivity contribution >= 4 is 5.97 Å². The number of hydrogen-bond donors (Lipinski definition) is 0. The molecule has 0 fully saturated rings. The van der Waals surface area contributed by atoms with Gasteiger partial charge in [-0.1, -0.05) is 264 Å². The third-order valence-corrected chi connectivity index (χ3v) is 12.0. The summed E-state index contributed by atoms with van der Waals surface area (Å²) in [6.45, 7) is 8.22. The molecule has 0 aromatic rings. The smallest absolute Gasteiger partial charge is 0.550 e. The Bertz CT molecular complexity index is 629. The van der Waals surface area contributed by atoms with Crippen molar-refractivity contribution in [3.63, 3.8) is 0 Å². The van der Waals surface area contributed by atoms with Crippen molar-refractivity contribution in [2.45, 2.75) is 296 Å². The van der Waals surface area contributed by atoms with Gasteiger partial charge in [0.1, 0.15) is 0 Å². The van der Waals surface area contributed by atoms with Crippen molar-refractivity contribution in [2.24, 2.45) is 0 Å². The van der Waals surface area contributed by atoms with Gasteiger partial charge in [-0.15, -0.1) is 0 Å². The van der Waals surface area contributed by atoms with Gasteiger partial charge < -0.3 is 14.8 Å². The molecule has 54 heavy (non-hydrogen) atoms. The fourth-order valence-corrected chi connectivity index (χ4v) is 8.30. The summed E-state index contributed by atoms with van der Waals surface area (Å²) in [7, 11) is 0.